The maximum Gasteiger partial charge on any atom is 0.218 e. The third kappa shape index (κ3) is 2.66. The highest BCUT2D eigenvalue weighted by Gasteiger charge is 2.20. The fourth-order valence-electron chi connectivity index (χ4n) is 2.06. The zero-order valence-electron chi connectivity index (χ0n) is 9.40. The quantitative estimate of drug-likeness (QED) is 0.730. The van der Waals surface area contributed by atoms with Gasteiger partial charge in [0.25, 0.3) is 0 Å². The number of piperidine rings is 1. The van der Waals surface area contributed by atoms with Gasteiger partial charge in [-0.3, -0.25) is 0 Å². The number of methoxy groups -OCH3 is 1. The van der Waals surface area contributed by atoms with Gasteiger partial charge in [-0.2, -0.15) is 4.39 Å². The number of halogens is 1. The Morgan fingerprint density at radius 1 is 1.44 bits per heavy atom. The maximum atomic E-state index is 12.9. The Bertz CT molecular complexity index is 340. The van der Waals surface area contributed by atoms with E-state index >= 15 is 0 Å². The van der Waals surface area contributed by atoms with Crippen molar-refractivity contribution < 1.29 is 9.13 Å². The summed E-state index contributed by atoms with van der Waals surface area (Å²) < 4.78 is 18.1. The van der Waals surface area contributed by atoms with E-state index in [2.05, 4.69) is 14.9 Å². The predicted octanol–water partition coefficient (Wildman–Crippen LogP) is 1.48. The first-order chi connectivity index (χ1) is 7.79. The summed E-state index contributed by atoms with van der Waals surface area (Å²) in [5.74, 6) is 0.834. The molecule has 1 aliphatic heterocycles. The first-order valence-electron chi connectivity index (χ1n) is 5.51. The van der Waals surface area contributed by atoms with E-state index in [1.54, 1.807) is 7.11 Å². The van der Waals surface area contributed by atoms with Gasteiger partial charge in [-0.05, 0) is 18.8 Å². The molecule has 0 atom stereocenters. The van der Waals surface area contributed by atoms with Crippen molar-refractivity contribution in [3.8, 4) is 0 Å². The van der Waals surface area contributed by atoms with Crippen LogP contribution in [0.3, 0.4) is 0 Å². The molecule has 0 aliphatic carbocycles. The van der Waals surface area contributed by atoms with Crippen LogP contribution in [0, 0.1) is 11.9 Å². The van der Waals surface area contributed by atoms with Gasteiger partial charge in [0, 0.05) is 32.9 Å². The van der Waals surface area contributed by atoms with Crippen LogP contribution in [-0.2, 0) is 4.74 Å². The fourth-order valence-corrected chi connectivity index (χ4v) is 2.06. The summed E-state index contributed by atoms with van der Waals surface area (Å²) in [7, 11) is 1.73. The number of aromatic nitrogens is 2. The summed E-state index contributed by atoms with van der Waals surface area (Å²) in [5, 5.41) is 0. The van der Waals surface area contributed by atoms with Crippen molar-refractivity contribution in [2.45, 2.75) is 12.8 Å². The van der Waals surface area contributed by atoms with Gasteiger partial charge in [-0.25, -0.2) is 9.97 Å². The normalized spacial score (nSPS) is 17.8. The molecule has 0 spiro atoms. The Labute approximate surface area is 94.5 Å². The van der Waals surface area contributed by atoms with Gasteiger partial charge in [-0.1, -0.05) is 0 Å². The summed E-state index contributed by atoms with van der Waals surface area (Å²) in [5.41, 5.74) is 0. The molecule has 0 amide bonds. The van der Waals surface area contributed by atoms with Crippen LogP contribution in [0.5, 0.6) is 0 Å². The minimum Gasteiger partial charge on any atom is -0.384 e. The van der Waals surface area contributed by atoms with E-state index in [0.29, 0.717) is 11.7 Å². The third-order valence-corrected chi connectivity index (χ3v) is 2.96. The van der Waals surface area contributed by atoms with Crippen molar-refractivity contribution in [2.75, 3.05) is 31.7 Å². The largest absolute Gasteiger partial charge is 0.384 e. The molecule has 5 heteroatoms. The molecule has 2 heterocycles. The van der Waals surface area contributed by atoms with Crippen molar-refractivity contribution in [1.82, 2.24) is 9.97 Å². The molecular weight excluding hydrogens is 209 g/mol. The SMILES string of the molecule is COCC1CCN(c2cc(F)ncn2)CC1. The van der Waals surface area contributed by atoms with Crippen LogP contribution in [0.15, 0.2) is 12.4 Å². The standard InChI is InChI=1S/C11H16FN3O/c1-16-7-9-2-4-15(5-3-9)11-6-10(12)13-8-14-11/h6,8-9H,2-5,7H2,1H3. The lowest BCUT2D eigenvalue weighted by Gasteiger charge is -2.32. The van der Waals surface area contributed by atoms with Gasteiger partial charge in [0.1, 0.15) is 12.1 Å². The van der Waals surface area contributed by atoms with Crippen molar-refractivity contribution in [3.05, 3.63) is 18.3 Å². The second-order valence-corrected chi connectivity index (χ2v) is 4.08. The molecule has 1 saturated heterocycles. The Hall–Kier alpha value is -1.23. The Morgan fingerprint density at radius 2 is 2.19 bits per heavy atom. The molecule has 4 nitrogen and oxygen atoms in total. The summed E-state index contributed by atoms with van der Waals surface area (Å²) in [6, 6.07) is 1.39. The van der Waals surface area contributed by atoms with Gasteiger partial charge in [-0.15, -0.1) is 0 Å². The molecule has 88 valence electrons. The molecule has 1 fully saturated rings. The Kier molecular flexibility index (Phi) is 3.66. The van der Waals surface area contributed by atoms with Gasteiger partial charge in [0.15, 0.2) is 0 Å². The molecule has 16 heavy (non-hydrogen) atoms. The molecule has 0 unspecified atom stereocenters. The van der Waals surface area contributed by atoms with Crippen LogP contribution in [0.4, 0.5) is 10.2 Å². The average molecular weight is 225 g/mol. The molecule has 1 aromatic rings. The van der Waals surface area contributed by atoms with Crippen LogP contribution in [0.1, 0.15) is 12.8 Å². The first kappa shape index (κ1) is 11.3. The number of nitrogens with zero attached hydrogens (tertiary/aromatic N) is 3. The minimum atomic E-state index is -0.469. The summed E-state index contributed by atoms with van der Waals surface area (Å²) in [6.07, 6.45) is 3.41. The average Bonchev–Trinajstić information content (AvgIpc) is 2.30. The molecule has 1 aromatic heterocycles. The summed E-state index contributed by atoms with van der Waals surface area (Å²) in [4.78, 5) is 9.63. The zero-order chi connectivity index (χ0) is 11.4. The van der Waals surface area contributed by atoms with E-state index in [9.17, 15) is 4.39 Å². The van der Waals surface area contributed by atoms with E-state index in [1.807, 2.05) is 0 Å². The number of anilines is 1. The Balaban J connectivity index is 1.94. The van der Waals surface area contributed by atoms with Gasteiger partial charge < -0.3 is 9.64 Å². The highest BCUT2D eigenvalue weighted by Crippen LogP contribution is 2.21. The van der Waals surface area contributed by atoms with Crippen molar-refractivity contribution in [2.24, 2.45) is 5.92 Å². The molecule has 0 bridgehead atoms. The van der Waals surface area contributed by atoms with E-state index in [-0.39, 0.29) is 0 Å². The summed E-state index contributed by atoms with van der Waals surface area (Å²) in [6.45, 7) is 2.63. The van der Waals surface area contributed by atoms with Crippen LogP contribution in [0.2, 0.25) is 0 Å². The molecule has 0 radical (unpaired) electrons. The lowest BCUT2D eigenvalue weighted by Crippen LogP contribution is -2.35. The van der Waals surface area contributed by atoms with Gasteiger partial charge in [0.05, 0.1) is 0 Å². The van der Waals surface area contributed by atoms with Crippen molar-refractivity contribution in [3.63, 3.8) is 0 Å². The molecule has 0 saturated carbocycles. The lowest BCUT2D eigenvalue weighted by molar-refractivity contribution is 0.139. The lowest BCUT2D eigenvalue weighted by atomic mass is 9.98. The van der Waals surface area contributed by atoms with Crippen LogP contribution in [-0.4, -0.2) is 36.8 Å². The highest BCUT2D eigenvalue weighted by molar-refractivity contribution is 5.37. The minimum absolute atomic E-state index is 0.469. The topological polar surface area (TPSA) is 38.2 Å². The smallest absolute Gasteiger partial charge is 0.218 e. The molecule has 0 N–H and O–H groups in total. The van der Waals surface area contributed by atoms with Gasteiger partial charge >= 0.3 is 0 Å². The van der Waals surface area contributed by atoms with Crippen LogP contribution in [0.25, 0.3) is 0 Å². The van der Waals surface area contributed by atoms with Gasteiger partial charge in [0.2, 0.25) is 5.95 Å². The molecular formula is C11H16FN3O. The van der Waals surface area contributed by atoms with Crippen LogP contribution >= 0.6 is 0 Å². The monoisotopic (exact) mass is 225 g/mol. The molecule has 2 rings (SSSR count). The fraction of sp³-hybridized carbons (Fsp3) is 0.636. The highest BCUT2D eigenvalue weighted by atomic mass is 19.1. The molecule has 0 aromatic carbocycles. The maximum absolute atomic E-state index is 12.9. The zero-order valence-corrected chi connectivity index (χ0v) is 9.40. The predicted molar refractivity (Wildman–Crippen MR) is 58.8 cm³/mol. The van der Waals surface area contributed by atoms with Crippen molar-refractivity contribution in [1.29, 1.82) is 0 Å². The Morgan fingerprint density at radius 3 is 2.81 bits per heavy atom. The van der Waals surface area contributed by atoms with Crippen LogP contribution < -0.4 is 4.90 Å². The van der Waals surface area contributed by atoms with E-state index in [1.165, 1.54) is 12.4 Å². The van der Waals surface area contributed by atoms with E-state index in [0.717, 1.165) is 32.5 Å². The van der Waals surface area contributed by atoms with Crippen molar-refractivity contribution >= 4 is 5.82 Å². The van der Waals surface area contributed by atoms with E-state index < -0.39 is 5.95 Å². The number of hydrogen-bond acceptors (Lipinski definition) is 4. The first-order valence-corrected chi connectivity index (χ1v) is 5.51. The second-order valence-electron chi connectivity index (χ2n) is 4.08. The second kappa shape index (κ2) is 5.21. The summed E-state index contributed by atoms with van der Waals surface area (Å²) >= 11 is 0. The number of rotatable bonds is 3. The van der Waals surface area contributed by atoms with E-state index in [4.69, 9.17) is 4.74 Å². The number of hydrogen-bond donors (Lipinski definition) is 0. The third-order valence-electron chi connectivity index (χ3n) is 2.96. The number of ether oxygens (including phenoxy) is 1. The molecule has 1 aliphatic rings.